The van der Waals surface area contributed by atoms with Crippen LogP contribution in [0.3, 0.4) is 0 Å². The highest BCUT2D eigenvalue weighted by atomic mass is 35.5. The van der Waals surface area contributed by atoms with Crippen LogP contribution < -0.4 is 5.32 Å². The van der Waals surface area contributed by atoms with Crippen molar-refractivity contribution in [2.24, 2.45) is 0 Å². The Morgan fingerprint density at radius 2 is 1.95 bits per heavy atom. The quantitative estimate of drug-likeness (QED) is 0.926. The fraction of sp³-hybridized carbons (Fsp3) is 0.533. The molecule has 0 bridgehead atoms. The number of nitrogens with one attached hydrogen (secondary N) is 1. The summed E-state index contributed by atoms with van der Waals surface area (Å²) in [7, 11) is 1.82. The van der Waals surface area contributed by atoms with Crippen LogP contribution in [0, 0.1) is 0 Å². The molecule has 1 saturated heterocycles. The monoisotopic (exact) mass is 314 g/mol. The maximum atomic E-state index is 12.4. The number of halogens is 2. The SMILES string of the molecule is CN(Cc1cc(Cl)cc(Cl)c1)C(=O)C1CCCCCN1. The van der Waals surface area contributed by atoms with Crippen LogP contribution >= 0.6 is 23.2 Å². The fourth-order valence-electron chi connectivity index (χ4n) is 2.56. The van der Waals surface area contributed by atoms with E-state index in [0.717, 1.165) is 31.4 Å². The van der Waals surface area contributed by atoms with Gasteiger partial charge in [-0.15, -0.1) is 0 Å². The Hall–Kier alpha value is -0.770. The number of rotatable bonds is 3. The van der Waals surface area contributed by atoms with Gasteiger partial charge in [-0.25, -0.2) is 0 Å². The molecule has 0 aromatic heterocycles. The number of nitrogens with zero attached hydrogens (tertiary/aromatic N) is 1. The van der Waals surface area contributed by atoms with Crippen molar-refractivity contribution >= 4 is 29.1 Å². The molecule has 5 heteroatoms. The van der Waals surface area contributed by atoms with E-state index in [1.807, 2.05) is 19.2 Å². The largest absolute Gasteiger partial charge is 0.340 e. The number of carbonyl (C=O) groups excluding carboxylic acids is 1. The van der Waals surface area contributed by atoms with Gasteiger partial charge in [0, 0.05) is 23.6 Å². The van der Waals surface area contributed by atoms with Crippen LogP contribution in [0.15, 0.2) is 18.2 Å². The summed E-state index contributed by atoms with van der Waals surface area (Å²) in [5.41, 5.74) is 0.951. The molecular weight excluding hydrogens is 295 g/mol. The first-order valence-corrected chi connectivity index (χ1v) is 7.75. The van der Waals surface area contributed by atoms with E-state index < -0.39 is 0 Å². The summed E-state index contributed by atoms with van der Waals surface area (Å²) < 4.78 is 0. The Kier molecular flexibility index (Phi) is 5.70. The van der Waals surface area contributed by atoms with Crippen molar-refractivity contribution in [2.75, 3.05) is 13.6 Å². The zero-order valence-electron chi connectivity index (χ0n) is 11.7. The topological polar surface area (TPSA) is 32.3 Å². The molecule has 2 rings (SSSR count). The van der Waals surface area contributed by atoms with Gasteiger partial charge < -0.3 is 10.2 Å². The van der Waals surface area contributed by atoms with Crippen molar-refractivity contribution in [3.8, 4) is 0 Å². The summed E-state index contributed by atoms with van der Waals surface area (Å²) in [5.74, 6) is 0.142. The molecule has 1 aliphatic rings. The van der Waals surface area contributed by atoms with Gasteiger partial charge in [-0.2, -0.15) is 0 Å². The lowest BCUT2D eigenvalue weighted by atomic mass is 10.1. The van der Waals surface area contributed by atoms with Crippen molar-refractivity contribution in [3.05, 3.63) is 33.8 Å². The van der Waals surface area contributed by atoms with Gasteiger partial charge >= 0.3 is 0 Å². The Bertz CT molecular complexity index is 451. The molecule has 1 atom stereocenters. The van der Waals surface area contributed by atoms with Gasteiger partial charge in [0.05, 0.1) is 6.04 Å². The zero-order chi connectivity index (χ0) is 14.5. The smallest absolute Gasteiger partial charge is 0.239 e. The molecule has 0 spiro atoms. The lowest BCUT2D eigenvalue weighted by molar-refractivity contribution is -0.132. The maximum Gasteiger partial charge on any atom is 0.239 e. The average molecular weight is 315 g/mol. The van der Waals surface area contributed by atoms with E-state index in [2.05, 4.69) is 5.32 Å². The highest BCUT2D eigenvalue weighted by molar-refractivity contribution is 6.34. The second-order valence-corrected chi connectivity index (χ2v) is 6.20. The molecule has 1 heterocycles. The number of carbonyl (C=O) groups is 1. The van der Waals surface area contributed by atoms with Crippen LogP contribution in [0.2, 0.25) is 10.0 Å². The van der Waals surface area contributed by atoms with Crippen molar-refractivity contribution in [1.82, 2.24) is 10.2 Å². The summed E-state index contributed by atoms with van der Waals surface area (Å²) in [6.45, 7) is 1.45. The maximum absolute atomic E-state index is 12.4. The Morgan fingerprint density at radius 3 is 2.65 bits per heavy atom. The van der Waals surface area contributed by atoms with E-state index in [4.69, 9.17) is 23.2 Å². The molecule has 1 fully saturated rings. The third-order valence-corrected chi connectivity index (χ3v) is 4.01. The minimum absolute atomic E-state index is 0.0582. The van der Waals surface area contributed by atoms with Gasteiger partial charge in [-0.3, -0.25) is 4.79 Å². The summed E-state index contributed by atoms with van der Waals surface area (Å²) in [6, 6.07) is 5.33. The second kappa shape index (κ2) is 7.30. The number of likely N-dealkylation sites (N-methyl/N-ethyl adjacent to an activating group) is 1. The summed E-state index contributed by atoms with van der Waals surface area (Å²) >= 11 is 12.0. The second-order valence-electron chi connectivity index (χ2n) is 5.33. The predicted octanol–water partition coefficient (Wildman–Crippen LogP) is 3.48. The van der Waals surface area contributed by atoms with E-state index in [1.54, 1.807) is 11.0 Å². The van der Waals surface area contributed by atoms with Crippen LogP contribution in [0.25, 0.3) is 0 Å². The van der Waals surface area contributed by atoms with Crippen LogP contribution in [0.4, 0.5) is 0 Å². The van der Waals surface area contributed by atoms with Crippen LogP contribution in [0.5, 0.6) is 0 Å². The van der Waals surface area contributed by atoms with Crippen LogP contribution in [-0.4, -0.2) is 30.4 Å². The van der Waals surface area contributed by atoms with Gasteiger partial charge in [0.1, 0.15) is 0 Å². The molecule has 0 aliphatic carbocycles. The molecule has 1 amide bonds. The lowest BCUT2D eigenvalue weighted by Crippen LogP contribution is -2.44. The van der Waals surface area contributed by atoms with E-state index in [-0.39, 0.29) is 11.9 Å². The standard InChI is InChI=1S/C15H20Cl2N2O/c1-19(10-11-7-12(16)9-13(17)8-11)15(20)14-5-3-2-4-6-18-14/h7-9,14,18H,2-6,10H2,1H3. The number of benzene rings is 1. The minimum atomic E-state index is -0.0582. The first-order valence-electron chi connectivity index (χ1n) is 6.99. The molecular formula is C15H20Cl2N2O. The zero-order valence-corrected chi connectivity index (χ0v) is 13.2. The molecule has 3 nitrogen and oxygen atoms in total. The van der Waals surface area contributed by atoms with Crippen molar-refractivity contribution in [2.45, 2.75) is 38.3 Å². The fourth-order valence-corrected chi connectivity index (χ4v) is 3.13. The lowest BCUT2D eigenvalue weighted by Gasteiger charge is -2.23. The van der Waals surface area contributed by atoms with Crippen molar-refractivity contribution in [3.63, 3.8) is 0 Å². The highest BCUT2D eigenvalue weighted by Gasteiger charge is 2.22. The number of hydrogen-bond acceptors (Lipinski definition) is 2. The minimum Gasteiger partial charge on any atom is -0.340 e. The van der Waals surface area contributed by atoms with Crippen molar-refractivity contribution in [1.29, 1.82) is 0 Å². The van der Waals surface area contributed by atoms with Crippen molar-refractivity contribution < 1.29 is 4.79 Å². The normalized spacial score (nSPS) is 19.4. The van der Waals surface area contributed by atoms with Gasteiger partial charge in [-0.1, -0.05) is 36.0 Å². The summed E-state index contributed by atoms with van der Waals surface area (Å²) in [5, 5.41) is 4.52. The molecule has 110 valence electrons. The van der Waals surface area contributed by atoms with Crippen LogP contribution in [-0.2, 0) is 11.3 Å². The molecule has 1 unspecified atom stereocenters. The van der Waals surface area contributed by atoms with E-state index in [9.17, 15) is 4.79 Å². The summed E-state index contributed by atoms with van der Waals surface area (Å²) in [6.07, 6.45) is 4.38. The summed E-state index contributed by atoms with van der Waals surface area (Å²) in [4.78, 5) is 14.2. The highest BCUT2D eigenvalue weighted by Crippen LogP contribution is 2.20. The Labute approximate surface area is 130 Å². The molecule has 1 aromatic carbocycles. The van der Waals surface area contributed by atoms with E-state index in [0.29, 0.717) is 16.6 Å². The molecule has 0 saturated carbocycles. The predicted molar refractivity (Wildman–Crippen MR) is 83.2 cm³/mol. The molecule has 1 aromatic rings. The van der Waals surface area contributed by atoms with E-state index in [1.165, 1.54) is 6.42 Å². The Balaban J connectivity index is 1.99. The van der Waals surface area contributed by atoms with Gasteiger partial charge in [0.2, 0.25) is 5.91 Å². The Morgan fingerprint density at radius 1 is 1.25 bits per heavy atom. The number of hydrogen-bond donors (Lipinski definition) is 1. The number of amides is 1. The van der Waals surface area contributed by atoms with E-state index >= 15 is 0 Å². The third-order valence-electron chi connectivity index (χ3n) is 3.58. The molecule has 0 radical (unpaired) electrons. The first kappa shape index (κ1) is 15.6. The van der Waals surface area contributed by atoms with Gasteiger partial charge in [-0.05, 0) is 43.1 Å². The first-order chi connectivity index (χ1) is 9.56. The van der Waals surface area contributed by atoms with Gasteiger partial charge in [0.15, 0.2) is 0 Å². The average Bonchev–Trinajstić information content (AvgIpc) is 2.65. The molecule has 1 N–H and O–H groups in total. The van der Waals surface area contributed by atoms with Crippen LogP contribution in [0.1, 0.15) is 31.2 Å². The third kappa shape index (κ3) is 4.37. The van der Waals surface area contributed by atoms with Gasteiger partial charge in [0.25, 0.3) is 0 Å². The molecule has 1 aliphatic heterocycles. The molecule has 20 heavy (non-hydrogen) atoms.